The molecule has 1 aromatic heterocycles. The molecule has 1 atom stereocenters. The molecule has 1 unspecified atom stereocenters. The Bertz CT molecular complexity index is 924. The van der Waals surface area contributed by atoms with E-state index in [0.29, 0.717) is 11.4 Å². The highest BCUT2D eigenvalue weighted by molar-refractivity contribution is 7.99. The lowest BCUT2D eigenvalue weighted by molar-refractivity contribution is 0.0592. The SMILES string of the molecule is COC(=O)c1nn(-c2ccccc2)c(Sc2ccc(Cl)cc2)c1CC(C)N. The summed E-state index contributed by atoms with van der Waals surface area (Å²) >= 11 is 7.52. The number of nitrogens with zero attached hydrogens (tertiary/aromatic N) is 2. The van der Waals surface area contributed by atoms with Crippen LogP contribution in [0.5, 0.6) is 0 Å². The lowest BCUT2D eigenvalue weighted by Crippen LogP contribution is -2.19. The monoisotopic (exact) mass is 401 g/mol. The van der Waals surface area contributed by atoms with Crippen molar-refractivity contribution in [3.63, 3.8) is 0 Å². The summed E-state index contributed by atoms with van der Waals surface area (Å²) in [6, 6.07) is 17.1. The second kappa shape index (κ2) is 8.61. The fraction of sp³-hybridized carbons (Fsp3) is 0.200. The van der Waals surface area contributed by atoms with Crippen LogP contribution in [0.1, 0.15) is 23.0 Å². The molecule has 0 aliphatic carbocycles. The summed E-state index contributed by atoms with van der Waals surface area (Å²) in [7, 11) is 1.35. The molecule has 0 aliphatic rings. The van der Waals surface area contributed by atoms with Gasteiger partial charge in [-0.2, -0.15) is 5.10 Å². The first-order valence-electron chi connectivity index (χ1n) is 8.44. The third-order valence-corrected chi connectivity index (χ3v) is 5.24. The molecule has 140 valence electrons. The Kier molecular flexibility index (Phi) is 6.21. The summed E-state index contributed by atoms with van der Waals surface area (Å²) in [5.74, 6) is -0.474. The number of carbonyl (C=O) groups is 1. The van der Waals surface area contributed by atoms with Crippen LogP contribution in [0.3, 0.4) is 0 Å². The minimum atomic E-state index is -0.474. The molecular weight excluding hydrogens is 382 g/mol. The van der Waals surface area contributed by atoms with Crippen molar-refractivity contribution in [1.29, 1.82) is 0 Å². The van der Waals surface area contributed by atoms with Gasteiger partial charge in [-0.25, -0.2) is 9.48 Å². The normalized spacial score (nSPS) is 12.0. The maximum absolute atomic E-state index is 12.3. The maximum Gasteiger partial charge on any atom is 0.358 e. The van der Waals surface area contributed by atoms with Crippen LogP contribution >= 0.6 is 23.4 Å². The molecule has 5 nitrogen and oxygen atoms in total. The summed E-state index contributed by atoms with van der Waals surface area (Å²) < 4.78 is 6.71. The van der Waals surface area contributed by atoms with E-state index in [1.54, 1.807) is 4.68 Å². The highest BCUT2D eigenvalue weighted by atomic mass is 35.5. The van der Waals surface area contributed by atoms with Crippen molar-refractivity contribution in [1.82, 2.24) is 9.78 Å². The Balaban J connectivity index is 2.17. The van der Waals surface area contributed by atoms with Gasteiger partial charge >= 0.3 is 5.97 Å². The lowest BCUT2D eigenvalue weighted by Gasteiger charge is -2.11. The molecule has 0 aliphatic heterocycles. The van der Waals surface area contributed by atoms with Crippen LogP contribution in [-0.4, -0.2) is 28.9 Å². The van der Waals surface area contributed by atoms with E-state index in [1.807, 2.05) is 61.5 Å². The Morgan fingerprint density at radius 3 is 2.48 bits per heavy atom. The van der Waals surface area contributed by atoms with Crippen molar-refractivity contribution in [3.05, 3.63) is 70.9 Å². The number of carbonyl (C=O) groups excluding carboxylic acids is 1. The number of aromatic nitrogens is 2. The minimum Gasteiger partial charge on any atom is -0.464 e. The Morgan fingerprint density at radius 2 is 1.89 bits per heavy atom. The average molecular weight is 402 g/mol. The second-order valence-electron chi connectivity index (χ2n) is 6.11. The summed E-state index contributed by atoms with van der Waals surface area (Å²) in [5, 5.41) is 6.06. The largest absolute Gasteiger partial charge is 0.464 e. The number of benzene rings is 2. The summed E-state index contributed by atoms with van der Waals surface area (Å²) in [6.07, 6.45) is 0.507. The van der Waals surface area contributed by atoms with Crippen molar-refractivity contribution < 1.29 is 9.53 Å². The zero-order valence-electron chi connectivity index (χ0n) is 15.1. The van der Waals surface area contributed by atoms with Crippen LogP contribution in [-0.2, 0) is 11.2 Å². The van der Waals surface area contributed by atoms with Crippen molar-refractivity contribution in [2.75, 3.05) is 7.11 Å². The van der Waals surface area contributed by atoms with Gasteiger partial charge < -0.3 is 10.5 Å². The third-order valence-electron chi connectivity index (χ3n) is 3.87. The standard InChI is InChI=1S/C20H20ClN3O2S/c1-13(22)12-17-18(20(25)26-2)23-24(15-6-4-3-5-7-15)19(17)27-16-10-8-14(21)9-11-16/h3-11,13H,12,22H2,1-2H3. The zero-order chi connectivity index (χ0) is 19.4. The molecular formula is C20H20ClN3O2S. The fourth-order valence-corrected chi connectivity index (χ4v) is 3.82. The molecule has 7 heteroatoms. The smallest absolute Gasteiger partial charge is 0.358 e. The van der Waals surface area contributed by atoms with Crippen molar-refractivity contribution >= 4 is 29.3 Å². The van der Waals surface area contributed by atoms with E-state index in [1.165, 1.54) is 18.9 Å². The summed E-state index contributed by atoms with van der Waals surface area (Å²) in [6.45, 7) is 1.90. The highest BCUT2D eigenvalue weighted by Crippen LogP contribution is 2.35. The van der Waals surface area contributed by atoms with Crippen LogP contribution in [0.2, 0.25) is 5.02 Å². The predicted octanol–water partition coefficient (Wildman–Crippen LogP) is 4.35. The average Bonchev–Trinajstić information content (AvgIpc) is 3.01. The Labute approximate surface area is 167 Å². The molecule has 3 rings (SSSR count). The van der Waals surface area contributed by atoms with Gasteiger partial charge in [0.2, 0.25) is 0 Å². The number of nitrogens with two attached hydrogens (primary N) is 1. The van der Waals surface area contributed by atoms with Crippen LogP contribution in [0, 0.1) is 0 Å². The van der Waals surface area contributed by atoms with Crippen LogP contribution < -0.4 is 5.73 Å². The van der Waals surface area contributed by atoms with Gasteiger partial charge in [0.25, 0.3) is 0 Å². The van der Waals surface area contributed by atoms with E-state index < -0.39 is 5.97 Å². The van der Waals surface area contributed by atoms with Crippen molar-refractivity contribution in [2.45, 2.75) is 29.3 Å². The molecule has 0 saturated carbocycles. The molecule has 3 aromatic rings. The minimum absolute atomic E-state index is 0.133. The first-order valence-corrected chi connectivity index (χ1v) is 9.63. The summed E-state index contributed by atoms with van der Waals surface area (Å²) in [4.78, 5) is 13.3. The van der Waals surface area contributed by atoms with E-state index in [4.69, 9.17) is 22.1 Å². The number of halogens is 1. The van der Waals surface area contributed by atoms with Gasteiger partial charge in [0.1, 0.15) is 5.03 Å². The number of hydrogen-bond donors (Lipinski definition) is 1. The van der Waals surface area contributed by atoms with E-state index in [0.717, 1.165) is 21.2 Å². The van der Waals surface area contributed by atoms with Crippen molar-refractivity contribution in [2.24, 2.45) is 5.73 Å². The van der Waals surface area contributed by atoms with Gasteiger partial charge in [0.05, 0.1) is 12.8 Å². The number of ether oxygens (including phenoxy) is 1. The molecule has 27 heavy (non-hydrogen) atoms. The molecule has 1 heterocycles. The number of rotatable bonds is 6. The quantitative estimate of drug-likeness (QED) is 0.621. The summed E-state index contributed by atoms with van der Waals surface area (Å²) in [5.41, 5.74) is 7.97. The fourth-order valence-electron chi connectivity index (χ4n) is 2.66. The predicted molar refractivity (Wildman–Crippen MR) is 108 cm³/mol. The first-order chi connectivity index (χ1) is 13.0. The molecule has 0 radical (unpaired) electrons. The van der Waals surface area contributed by atoms with Crippen molar-refractivity contribution in [3.8, 4) is 5.69 Å². The molecule has 0 fully saturated rings. The van der Waals surface area contributed by atoms with Gasteiger partial charge in [-0.05, 0) is 49.7 Å². The molecule has 2 N–H and O–H groups in total. The zero-order valence-corrected chi connectivity index (χ0v) is 16.6. The van der Waals surface area contributed by atoms with Crippen LogP contribution in [0.25, 0.3) is 5.69 Å². The van der Waals surface area contributed by atoms with Gasteiger partial charge in [-0.3, -0.25) is 0 Å². The van der Waals surface area contributed by atoms with Gasteiger partial charge in [-0.15, -0.1) is 0 Å². The molecule has 0 amide bonds. The Morgan fingerprint density at radius 1 is 1.22 bits per heavy atom. The lowest BCUT2D eigenvalue weighted by atomic mass is 10.1. The van der Waals surface area contributed by atoms with E-state index in [2.05, 4.69) is 5.10 Å². The van der Waals surface area contributed by atoms with Crippen LogP contribution in [0.15, 0.2) is 64.5 Å². The second-order valence-corrected chi connectivity index (χ2v) is 7.61. The molecule has 0 bridgehead atoms. The van der Waals surface area contributed by atoms with Crippen LogP contribution in [0.4, 0.5) is 0 Å². The number of methoxy groups -OCH3 is 1. The molecule has 0 saturated heterocycles. The van der Waals surface area contributed by atoms with E-state index >= 15 is 0 Å². The van der Waals surface area contributed by atoms with E-state index in [9.17, 15) is 4.79 Å². The molecule has 0 spiro atoms. The molecule has 2 aromatic carbocycles. The first kappa shape index (κ1) is 19.5. The van der Waals surface area contributed by atoms with Gasteiger partial charge in [0.15, 0.2) is 5.69 Å². The number of hydrogen-bond acceptors (Lipinski definition) is 5. The van der Waals surface area contributed by atoms with E-state index in [-0.39, 0.29) is 11.7 Å². The topological polar surface area (TPSA) is 70.1 Å². The van der Waals surface area contributed by atoms with Gasteiger partial charge in [-0.1, -0.05) is 41.6 Å². The van der Waals surface area contributed by atoms with Gasteiger partial charge in [0, 0.05) is 21.5 Å². The highest BCUT2D eigenvalue weighted by Gasteiger charge is 2.25. The third kappa shape index (κ3) is 4.53. The number of esters is 1. The maximum atomic E-state index is 12.3. The Hall–Kier alpha value is -2.28. The number of para-hydroxylation sites is 1.